The minimum absolute atomic E-state index is 0.368. The summed E-state index contributed by atoms with van der Waals surface area (Å²) < 4.78 is 12.2. The fourth-order valence-corrected chi connectivity index (χ4v) is 0.495. The van der Waals surface area contributed by atoms with Crippen molar-refractivity contribution < 1.29 is 4.39 Å². The number of hydrogen-bond acceptors (Lipinski definition) is 1. The van der Waals surface area contributed by atoms with Crippen LogP contribution in [0, 0.1) is 12.0 Å². The Kier molecular flexibility index (Phi) is 1.28. The van der Waals surface area contributed by atoms with Crippen molar-refractivity contribution in [3.63, 3.8) is 0 Å². The van der Waals surface area contributed by atoms with E-state index in [1.807, 2.05) is 6.92 Å². The summed E-state index contributed by atoms with van der Waals surface area (Å²) in [6, 6.07) is 0. The Labute approximate surface area is 46.7 Å². The van der Waals surface area contributed by atoms with E-state index in [2.05, 4.69) is 16.4 Å². The number of hydrogen-bond donors (Lipinski definition) is 1. The molecule has 1 radical (unpaired) electrons. The van der Waals surface area contributed by atoms with Crippen LogP contribution in [0.3, 0.4) is 0 Å². The van der Waals surface area contributed by atoms with Crippen LogP contribution in [0.1, 0.15) is 12.6 Å². The molecule has 43 valence electrons. The third kappa shape index (κ3) is 0.710. The largest absolute Gasteiger partial charge is 0.279 e. The minimum Gasteiger partial charge on any atom is -0.279 e. The van der Waals surface area contributed by atoms with Crippen molar-refractivity contribution in [1.29, 1.82) is 0 Å². The normalized spacial score (nSPS) is 9.75. The third-order valence-electron chi connectivity index (χ3n) is 0.963. The average molecular weight is 113 g/mol. The van der Waals surface area contributed by atoms with Crippen LogP contribution in [0.2, 0.25) is 0 Å². The van der Waals surface area contributed by atoms with Crippen molar-refractivity contribution in [1.82, 2.24) is 10.2 Å². The standard InChI is InChI=1S/C5H6FN2/c1-2-5-4(6)3-7-8-5/h2H2,1H3,(H,7,8). The van der Waals surface area contributed by atoms with Gasteiger partial charge in [0.05, 0.1) is 5.69 Å². The summed E-state index contributed by atoms with van der Waals surface area (Å²) in [6.07, 6.45) is 2.79. The van der Waals surface area contributed by atoms with Gasteiger partial charge in [-0.15, -0.1) is 0 Å². The number of H-pyrrole nitrogens is 1. The van der Waals surface area contributed by atoms with Gasteiger partial charge >= 0.3 is 0 Å². The molecule has 0 aliphatic rings. The van der Waals surface area contributed by atoms with Crippen LogP contribution in [-0.4, -0.2) is 10.2 Å². The van der Waals surface area contributed by atoms with Crippen LogP contribution < -0.4 is 0 Å². The molecule has 1 rings (SSSR count). The molecule has 1 aromatic rings. The summed E-state index contributed by atoms with van der Waals surface area (Å²) in [4.78, 5) is 0. The van der Waals surface area contributed by atoms with Crippen LogP contribution in [-0.2, 0) is 6.42 Å². The Morgan fingerprint density at radius 1 is 1.88 bits per heavy atom. The van der Waals surface area contributed by atoms with Crippen molar-refractivity contribution in [3.05, 3.63) is 17.7 Å². The van der Waals surface area contributed by atoms with Crippen molar-refractivity contribution in [2.24, 2.45) is 0 Å². The van der Waals surface area contributed by atoms with Crippen molar-refractivity contribution in [2.45, 2.75) is 13.3 Å². The van der Waals surface area contributed by atoms with E-state index in [-0.39, 0.29) is 5.82 Å². The molecule has 0 unspecified atom stereocenters. The Morgan fingerprint density at radius 2 is 2.62 bits per heavy atom. The van der Waals surface area contributed by atoms with Gasteiger partial charge in [-0.25, -0.2) is 4.39 Å². The van der Waals surface area contributed by atoms with Crippen LogP contribution in [0.15, 0.2) is 0 Å². The summed E-state index contributed by atoms with van der Waals surface area (Å²) in [5, 5.41) is 5.84. The lowest BCUT2D eigenvalue weighted by Gasteiger charge is -1.83. The monoisotopic (exact) mass is 113 g/mol. The van der Waals surface area contributed by atoms with Gasteiger partial charge < -0.3 is 0 Å². The number of rotatable bonds is 1. The molecule has 0 fully saturated rings. The molecular weight excluding hydrogens is 107 g/mol. The Morgan fingerprint density at radius 3 is 2.88 bits per heavy atom. The molecule has 3 heteroatoms. The predicted octanol–water partition coefficient (Wildman–Crippen LogP) is 0.911. The van der Waals surface area contributed by atoms with Crippen LogP contribution >= 0.6 is 0 Å². The number of halogens is 1. The number of aromatic nitrogens is 2. The molecule has 0 saturated carbocycles. The smallest absolute Gasteiger partial charge is 0.173 e. The summed E-state index contributed by atoms with van der Waals surface area (Å²) in [5.74, 6) is -0.368. The van der Waals surface area contributed by atoms with E-state index in [0.29, 0.717) is 12.1 Å². The van der Waals surface area contributed by atoms with E-state index in [0.717, 1.165) is 0 Å². The molecular formula is C5H6FN2. The maximum Gasteiger partial charge on any atom is 0.173 e. The molecule has 8 heavy (non-hydrogen) atoms. The molecule has 0 saturated heterocycles. The predicted molar refractivity (Wildman–Crippen MR) is 26.8 cm³/mol. The first-order valence-corrected chi connectivity index (χ1v) is 2.45. The van der Waals surface area contributed by atoms with Gasteiger partial charge in [-0.1, -0.05) is 6.92 Å². The molecule has 0 aliphatic carbocycles. The highest BCUT2D eigenvalue weighted by atomic mass is 19.1. The molecule has 0 amide bonds. The highest BCUT2D eigenvalue weighted by Crippen LogP contribution is 1.99. The quantitative estimate of drug-likeness (QED) is 0.576. The van der Waals surface area contributed by atoms with Gasteiger partial charge in [0.1, 0.15) is 0 Å². The maximum atomic E-state index is 12.2. The number of aromatic amines is 1. The van der Waals surface area contributed by atoms with Crippen molar-refractivity contribution in [2.75, 3.05) is 0 Å². The molecule has 2 nitrogen and oxygen atoms in total. The first-order chi connectivity index (χ1) is 3.84. The van der Waals surface area contributed by atoms with Gasteiger partial charge in [0.15, 0.2) is 12.0 Å². The molecule has 0 spiro atoms. The van der Waals surface area contributed by atoms with Gasteiger partial charge in [0.2, 0.25) is 0 Å². The lowest BCUT2D eigenvalue weighted by molar-refractivity contribution is 0.610. The van der Waals surface area contributed by atoms with Gasteiger partial charge in [0, 0.05) is 0 Å². The highest BCUT2D eigenvalue weighted by molar-refractivity contribution is 4.98. The van der Waals surface area contributed by atoms with Gasteiger partial charge in [-0.3, -0.25) is 5.10 Å². The highest BCUT2D eigenvalue weighted by Gasteiger charge is 1.98. The number of nitrogens with one attached hydrogen (secondary N) is 1. The van der Waals surface area contributed by atoms with Crippen LogP contribution in [0.25, 0.3) is 0 Å². The molecule has 0 aromatic carbocycles. The Bertz CT molecular complexity index is 171. The summed E-state index contributed by atoms with van der Waals surface area (Å²) in [6.45, 7) is 1.85. The second-order valence-electron chi connectivity index (χ2n) is 1.48. The summed E-state index contributed by atoms with van der Waals surface area (Å²) in [5.41, 5.74) is 0.519. The van der Waals surface area contributed by atoms with E-state index in [9.17, 15) is 4.39 Å². The lowest BCUT2D eigenvalue weighted by Crippen LogP contribution is -1.81. The summed E-state index contributed by atoms with van der Waals surface area (Å²) in [7, 11) is 0. The number of nitrogens with zero attached hydrogens (tertiary/aromatic N) is 1. The molecule has 0 bridgehead atoms. The third-order valence-corrected chi connectivity index (χ3v) is 0.963. The molecule has 1 aromatic heterocycles. The van der Waals surface area contributed by atoms with E-state index < -0.39 is 0 Å². The van der Waals surface area contributed by atoms with Crippen molar-refractivity contribution >= 4 is 0 Å². The van der Waals surface area contributed by atoms with Crippen molar-refractivity contribution in [3.8, 4) is 0 Å². The Hall–Kier alpha value is -0.860. The zero-order chi connectivity index (χ0) is 5.98. The fourth-order valence-electron chi connectivity index (χ4n) is 0.495. The maximum absolute atomic E-state index is 12.2. The van der Waals surface area contributed by atoms with Gasteiger partial charge in [0.25, 0.3) is 0 Å². The second kappa shape index (κ2) is 1.94. The topological polar surface area (TPSA) is 28.7 Å². The zero-order valence-electron chi connectivity index (χ0n) is 4.53. The zero-order valence-corrected chi connectivity index (χ0v) is 4.53. The molecule has 1 N–H and O–H groups in total. The molecule has 0 aliphatic heterocycles. The summed E-state index contributed by atoms with van der Waals surface area (Å²) >= 11 is 0. The first-order valence-electron chi connectivity index (χ1n) is 2.45. The Balaban J connectivity index is 2.92. The molecule has 0 atom stereocenters. The van der Waals surface area contributed by atoms with E-state index in [1.165, 1.54) is 0 Å². The number of aryl methyl sites for hydroxylation is 1. The van der Waals surface area contributed by atoms with E-state index >= 15 is 0 Å². The van der Waals surface area contributed by atoms with E-state index in [1.54, 1.807) is 0 Å². The van der Waals surface area contributed by atoms with Gasteiger partial charge in [-0.05, 0) is 6.42 Å². The SMILES string of the molecule is CCc1[nH]n[c]c1F. The van der Waals surface area contributed by atoms with Gasteiger partial charge in [-0.2, -0.15) is 5.10 Å². The van der Waals surface area contributed by atoms with Crippen LogP contribution in [0.5, 0.6) is 0 Å². The average Bonchev–Trinajstić information content (AvgIpc) is 2.14. The molecule has 1 heterocycles. The lowest BCUT2D eigenvalue weighted by atomic mass is 10.3. The first kappa shape index (κ1) is 5.28. The fraction of sp³-hybridized carbons (Fsp3) is 0.400. The van der Waals surface area contributed by atoms with E-state index in [4.69, 9.17) is 0 Å². The minimum atomic E-state index is -0.368. The van der Waals surface area contributed by atoms with Crippen LogP contribution in [0.4, 0.5) is 4.39 Å². The second-order valence-corrected chi connectivity index (χ2v) is 1.48.